The number of allylic oxidation sites excluding steroid dienone is 1. The van der Waals surface area contributed by atoms with Crippen molar-refractivity contribution in [3.8, 4) is 11.1 Å². The number of hydrogen-bond donors (Lipinski definition) is 0. The summed E-state index contributed by atoms with van der Waals surface area (Å²) in [5, 5.41) is 0. The Hall–Kier alpha value is -4.16. The third-order valence-corrected chi connectivity index (χ3v) is 10.8. The minimum atomic E-state index is -3.67. The smallest absolute Gasteiger partial charge is 0.230 e. The molecule has 0 N–H and O–H groups in total. The Labute approximate surface area is 269 Å². The first-order valence-electron chi connectivity index (χ1n) is 15.9. The lowest BCUT2D eigenvalue weighted by atomic mass is 9.88. The van der Waals surface area contributed by atoms with Crippen LogP contribution in [0.15, 0.2) is 113 Å². The summed E-state index contributed by atoms with van der Waals surface area (Å²) in [6, 6.07) is 33.2. The van der Waals surface area contributed by atoms with Crippen molar-refractivity contribution in [2.75, 3.05) is 23.9 Å². The van der Waals surface area contributed by atoms with E-state index >= 15 is 0 Å². The lowest BCUT2D eigenvalue weighted by Gasteiger charge is -2.30. The van der Waals surface area contributed by atoms with Crippen molar-refractivity contribution < 1.29 is 13.2 Å². The van der Waals surface area contributed by atoms with Gasteiger partial charge in [0, 0.05) is 31.4 Å². The predicted molar refractivity (Wildman–Crippen MR) is 187 cm³/mol. The topological polar surface area (TPSA) is 57.7 Å². The Kier molecular flexibility index (Phi) is 10.2. The number of amides is 1. The Morgan fingerprint density at radius 1 is 0.778 bits per heavy atom. The normalized spacial score (nSPS) is 14.4. The van der Waals surface area contributed by atoms with Crippen LogP contribution in [0.1, 0.15) is 57.1 Å². The average molecular weight is 621 g/mol. The van der Waals surface area contributed by atoms with Gasteiger partial charge in [-0.2, -0.15) is 0 Å². The summed E-state index contributed by atoms with van der Waals surface area (Å²) in [6.45, 7) is 4.24. The summed E-state index contributed by atoms with van der Waals surface area (Å²) in [5.41, 5.74) is 6.01. The Bertz CT molecular complexity index is 1720. The highest BCUT2D eigenvalue weighted by molar-refractivity contribution is 7.95. The minimum absolute atomic E-state index is 0.00267. The first kappa shape index (κ1) is 32.2. The molecular formula is C39H44N2O3S. The van der Waals surface area contributed by atoms with Crippen molar-refractivity contribution >= 4 is 33.2 Å². The van der Waals surface area contributed by atoms with Crippen molar-refractivity contribution in [3.05, 3.63) is 119 Å². The number of sulfone groups is 1. The fourth-order valence-electron chi connectivity index (χ4n) is 6.04. The van der Waals surface area contributed by atoms with Crippen LogP contribution in [0.3, 0.4) is 0 Å². The number of nitrogens with zero attached hydrogens (tertiary/aromatic N) is 2. The summed E-state index contributed by atoms with van der Waals surface area (Å²) in [5.74, 6) is -0.0753. The number of carbonyl (C=O) groups excluding carboxylic acids is 1. The zero-order valence-electron chi connectivity index (χ0n) is 26.8. The lowest BCUT2D eigenvalue weighted by Crippen LogP contribution is -2.36. The van der Waals surface area contributed by atoms with Crippen LogP contribution in [0.4, 0.5) is 11.4 Å². The van der Waals surface area contributed by atoms with Crippen LogP contribution < -0.4 is 9.80 Å². The molecule has 1 fully saturated rings. The Morgan fingerprint density at radius 3 is 2.00 bits per heavy atom. The van der Waals surface area contributed by atoms with Crippen LogP contribution in [0.5, 0.6) is 0 Å². The maximum absolute atomic E-state index is 14.1. The number of benzene rings is 4. The predicted octanol–water partition coefficient (Wildman–Crippen LogP) is 9.00. The van der Waals surface area contributed by atoms with Crippen molar-refractivity contribution in [1.82, 2.24) is 0 Å². The van der Waals surface area contributed by atoms with Crippen molar-refractivity contribution in [1.29, 1.82) is 0 Å². The largest absolute Gasteiger partial charge is 0.378 e. The van der Waals surface area contributed by atoms with Gasteiger partial charge in [0.25, 0.3) is 0 Å². The van der Waals surface area contributed by atoms with Crippen LogP contribution >= 0.6 is 0 Å². The number of hydrogen-bond acceptors (Lipinski definition) is 4. The second kappa shape index (κ2) is 14.3. The van der Waals surface area contributed by atoms with E-state index in [1.807, 2.05) is 63.2 Å². The van der Waals surface area contributed by atoms with E-state index in [1.165, 1.54) is 6.42 Å². The molecular weight excluding hydrogens is 577 g/mol. The molecule has 0 atom stereocenters. The second-order valence-electron chi connectivity index (χ2n) is 12.5. The van der Waals surface area contributed by atoms with Gasteiger partial charge in [-0.25, -0.2) is 8.42 Å². The van der Waals surface area contributed by atoms with Gasteiger partial charge < -0.3 is 9.80 Å². The summed E-state index contributed by atoms with van der Waals surface area (Å²) < 4.78 is 27.2. The summed E-state index contributed by atoms with van der Waals surface area (Å²) in [4.78, 5) is 18.7. The van der Waals surface area contributed by atoms with Gasteiger partial charge in [-0.1, -0.05) is 99.8 Å². The molecule has 1 aliphatic carbocycles. The van der Waals surface area contributed by atoms with E-state index in [-0.39, 0.29) is 22.6 Å². The molecule has 4 aromatic rings. The molecule has 1 amide bonds. The molecule has 0 spiro atoms. The van der Waals surface area contributed by atoms with Gasteiger partial charge in [-0.15, -0.1) is 0 Å². The molecule has 234 valence electrons. The van der Waals surface area contributed by atoms with Gasteiger partial charge >= 0.3 is 0 Å². The summed E-state index contributed by atoms with van der Waals surface area (Å²) in [6.07, 6.45) is 6.89. The number of rotatable bonds is 10. The standard InChI is InChI=1S/C39H44N2O3S/c1-29(2)38(45(43,44)37-16-9-6-10-17-37)27-31-12-11-15-36(26-31)41(39(42)34-13-7-5-8-14-34)28-30-18-20-32(21-19-30)33-22-24-35(25-23-33)40(3)4/h6,9-12,15-27,29,34H,5,7-8,13-14,28H2,1-4H3. The summed E-state index contributed by atoms with van der Waals surface area (Å²) >= 11 is 0. The third kappa shape index (κ3) is 7.74. The van der Waals surface area contributed by atoms with Crippen LogP contribution in [0.25, 0.3) is 17.2 Å². The highest BCUT2D eigenvalue weighted by atomic mass is 32.2. The lowest BCUT2D eigenvalue weighted by molar-refractivity contribution is -0.123. The van der Waals surface area contributed by atoms with E-state index in [0.717, 1.165) is 59.3 Å². The van der Waals surface area contributed by atoms with E-state index in [1.54, 1.807) is 30.3 Å². The second-order valence-corrected chi connectivity index (χ2v) is 14.5. The highest BCUT2D eigenvalue weighted by Crippen LogP contribution is 2.32. The molecule has 0 aromatic heterocycles. The molecule has 6 heteroatoms. The quantitative estimate of drug-likeness (QED) is 0.178. The summed E-state index contributed by atoms with van der Waals surface area (Å²) in [7, 11) is 0.398. The van der Waals surface area contributed by atoms with Gasteiger partial charge in [0.05, 0.1) is 16.3 Å². The highest BCUT2D eigenvalue weighted by Gasteiger charge is 2.28. The van der Waals surface area contributed by atoms with Gasteiger partial charge in [0.15, 0.2) is 0 Å². The van der Waals surface area contributed by atoms with E-state index < -0.39 is 9.84 Å². The van der Waals surface area contributed by atoms with Crippen molar-refractivity contribution in [3.63, 3.8) is 0 Å². The van der Waals surface area contributed by atoms with Gasteiger partial charge in [-0.3, -0.25) is 4.79 Å². The minimum Gasteiger partial charge on any atom is -0.378 e. The van der Waals surface area contributed by atoms with Gasteiger partial charge in [0.2, 0.25) is 15.7 Å². The van der Waals surface area contributed by atoms with Gasteiger partial charge in [-0.05, 0) is 83.5 Å². The maximum Gasteiger partial charge on any atom is 0.230 e. The van der Waals surface area contributed by atoms with Crippen molar-refractivity contribution in [2.24, 2.45) is 11.8 Å². The monoisotopic (exact) mass is 620 g/mol. The molecule has 1 saturated carbocycles. The third-order valence-electron chi connectivity index (χ3n) is 8.66. The molecule has 0 unspecified atom stereocenters. The average Bonchev–Trinajstić information content (AvgIpc) is 3.07. The number of anilines is 2. The molecule has 0 saturated heterocycles. The molecule has 45 heavy (non-hydrogen) atoms. The van der Waals surface area contributed by atoms with E-state index in [9.17, 15) is 13.2 Å². The molecule has 5 rings (SSSR count). The van der Waals surface area contributed by atoms with Crippen LogP contribution in [-0.4, -0.2) is 28.4 Å². The molecule has 5 nitrogen and oxygen atoms in total. The maximum atomic E-state index is 14.1. The van der Waals surface area contributed by atoms with Crippen LogP contribution in [0.2, 0.25) is 0 Å². The molecule has 4 aromatic carbocycles. The first-order valence-corrected chi connectivity index (χ1v) is 17.4. The van der Waals surface area contributed by atoms with Crippen LogP contribution in [-0.2, 0) is 21.2 Å². The Balaban J connectivity index is 1.46. The molecule has 1 aliphatic rings. The zero-order valence-corrected chi connectivity index (χ0v) is 27.6. The van der Waals surface area contributed by atoms with E-state index in [0.29, 0.717) is 11.4 Å². The molecule has 0 heterocycles. The van der Waals surface area contributed by atoms with Crippen LogP contribution in [0, 0.1) is 11.8 Å². The molecule has 0 aliphatic heterocycles. The fourth-order valence-corrected chi connectivity index (χ4v) is 7.74. The number of carbonyl (C=O) groups is 1. The van der Waals surface area contributed by atoms with E-state index in [4.69, 9.17) is 0 Å². The fraction of sp³-hybridized carbons (Fsp3) is 0.308. The first-order chi connectivity index (χ1) is 21.6. The van der Waals surface area contributed by atoms with E-state index in [2.05, 4.69) is 53.4 Å². The zero-order chi connectivity index (χ0) is 32.0. The Morgan fingerprint density at radius 2 is 1.40 bits per heavy atom. The SMILES string of the molecule is CC(C)C(=Cc1cccc(N(Cc2ccc(-c3ccc(N(C)C)cc3)cc2)C(=O)C2CCCCC2)c1)S(=O)(=O)c1ccccc1. The van der Waals surface area contributed by atoms with Gasteiger partial charge in [0.1, 0.15) is 0 Å². The molecule has 0 bridgehead atoms. The molecule has 0 radical (unpaired) electrons. The van der Waals surface area contributed by atoms with Crippen molar-refractivity contribution in [2.45, 2.75) is 57.4 Å².